The number of fused-ring (bicyclic) bond motifs is 3. The smallest absolute Gasteiger partial charge is 0.0390 e. The van der Waals surface area contributed by atoms with E-state index in [2.05, 4.69) is 72.0 Å². The lowest BCUT2D eigenvalue weighted by Gasteiger charge is -2.21. The quantitative estimate of drug-likeness (QED) is 0.676. The summed E-state index contributed by atoms with van der Waals surface area (Å²) >= 11 is 0. The first-order valence-corrected chi connectivity index (χ1v) is 7.43. The van der Waals surface area contributed by atoms with Gasteiger partial charge in [-0.15, -0.1) is 0 Å². The predicted molar refractivity (Wildman–Crippen MR) is 89.0 cm³/mol. The van der Waals surface area contributed by atoms with Crippen LogP contribution in [0.5, 0.6) is 0 Å². The molecule has 3 aromatic rings. The van der Waals surface area contributed by atoms with Gasteiger partial charge in [-0.05, 0) is 59.4 Å². The molecule has 1 N–H and O–H groups in total. The summed E-state index contributed by atoms with van der Waals surface area (Å²) in [6.07, 6.45) is 2.28. The van der Waals surface area contributed by atoms with Crippen LogP contribution in [-0.4, -0.2) is 0 Å². The minimum atomic E-state index is 1.13. The second-order valence-electron chi connectivity index (χ2n) is 5.52. The Labute approximate surface area is 125 Å². The van der Waals surface area contributed by atoms with Crippen LogP contribution in [0.4, 0.5) is 11.4 Å². The van der Waals surface area contributed by atoms with Gasteiger partial charge in [-0.25, -0.2) is 0 Å². The molecule has 1 aliphatic carbocycles. The Morgan fingerprint density at radius 2 is 1.29 bits per heavy atom. The number of para-hydroxylation sites is 1. The van der Waals surface area contributed by atoms with Gasteiger partial charge in [0.15, 0.2) is 0 Å². The highest BCUT2D eigenvalue weighted by molar-refractivity contribution is 5.77. The van der Waals surface area contributed by atoms with Crippen molar-refractivity contribution in [3.05, 3.63) is 83.9 Å². The standard InChI is InChI=1S/C20H17N/c1-2-7-17(8-3-1)21-18-13-12-16-11-10-15-6-4-5-9-19(15)20(16)14-18/h1-9,12-14,21H,10-11H2. The maximum atomic E-state index is 3.48. The van der Waals surface area contributed by atoms with Gasteiger partial charge in [0.1, 0.15) is 0 Å². The molecule has 0 aliphatic heterocycles. The third-order valence-corrected chi connectivity index (χ3v) is 4.14. The first kappa shape index (κ1) is 12.2. The molecule has 0 saturated carbocycles. The maximum Gasteiger partial charge on any atom is 0.0390 e. The molecule has 0 spiro atoms. The minimum absolute atomic E-state index is 1.13. The Morgan fingerprint density at radius 1 is 0.571 bits per heavy atom. The third kappa shape index (κ3) is 2.31. The summed E-state index contributed by atoms with van der Waals surface area (Å²) in [5, 5.41) is 3.48. The Morgan fingerprint density at radius 3 is 2.14 bits per heavy atom. The molecule has 0 bridgehead atoms. The Kier molecular flexibility index (Phi) is 2.97. The predicted octanol–water partition coefficient (Wildman–Crippen LogP) is 5.20. The molecule has 0 fully saturated rings. The number of hydrogen-bond donors (Lipinski definition) is 1. The van der Waals surface area contributed by atoms with Crippen molar-refractivity contribution in [3.8, 4) is 11.1 Å². The van der Waals surface area contributed by atoms with E-state index in [1.165, 1.54) is 22.3 Å². The van der Waals surface area contributed by atoms with Gasteiger partial charge in [0.05, 0.1) is 0 Å². The molecule has 0 saturated heterocycles. The Balaban J connectivity index is 1.74. The second-order valence-corrected chi connectivity index (χ2v) is 5.52. The highest BCUT2D eigenvalue weighted by Gasteiger charge is 2.15. The van der Waals surface area contributed by atoms with Crippen molar-refractivity contribution in [2.45, 2.75) is 12.8 Å². The molecule has 0 radical (unpaired) electrons. The number of aryl methyl sites for hydroxylation is 2. The normalized spacial score (nSPS) is 12.4. The number of benzene rings is 3. The van der Waals surface area contributed by atoms with E-state index >= 15 is 0 Å². The lowest BCUT2D eigenvalue weighted by molar-refractivity contribution is 0.942. The summed E-state index contributed by atoms with van der Waals surface area (Å²) in [5.41, 5.74) is 7.95. The highest BCUT2D eigenvalue weighted by Crippen LogP contribution is 2.35. The van der Waals surface area contributed by atoms with Crippen LogP contribution in [0.15, 0.2) is 72.8 Å². The van der Waals surface area contributed by atoms with Crippen molar-refractivity contribution in [1.82, 2.24) is 0 Å². The van der Waals surface area contributed by atoms with Crippen LogP contribution in [0, 0.1) is 0 Å². The van der Waals surface area contributed by atoms with E-state index in [4.69, 9.17) is 0 Å². The van der Waals surface area contributed by atoms with Crippen molar-refractivity contribution in [1.29, 1.82) is 0 Å². The molecule has 0 amide bonds. The van der Waals surface area contributed by atoms with Gasteiger partial charge >= 0.3 is 0 Å². The van der Waals surface area contributed by atoms with Crippen molar-refractivity contribution >= 4 is 11.4 Å². The van der Waals surface area contributed by atoms with Gasteiger partial charge in [0.25, 0.3) is 0 Å². The van der Waals surface area contributed by atoms with E-state index in [0.29, 0.717) is 0 Å². The molecule has 21 heavy (non-hydrogen) atoms. The molecule has 0 aromatic heterocycles. The largest absolute Gasteiger partial charge is 0.356 e. The molecule has 0 heterocycles. The summed E-state index contributed by atoms with van der Waals surface area (Å²) in [7, 11) is 0. The highest BCUT2D eigenvalue weighted by atomic mass is 14.9. The van der Waals surface area contributed by atoms with E-state index in [9.17, 15) is 0 Å². The number of hydrogen-bond acceptors (Lipinski definition) is 1. The fraction of sp³-hybridized carbons (Fsp3) is 0.100. The average Bonchev–Trinajstić information content (AvgIpc) is 2.56. The molecule has 3 aromatic carbocycles. The zero-order valence-electron chi connectivity index (χ0n) is 11.8. The van der Waals surface area contributed by atoms with Crippen LogP contribution in [0.25, 0.3) is 11.1 Å². The summed E-state index contributed by atoms with van der Waals surface area (Å²) in [5.74, 6) is 0. The van der Waals surface area contributed by atoms with Crippen LogP contribution in [0.1, 0.15) is 11.1 Å². The second kappa shape index (κ2) is 5.10. The molecule has 4 rings (SSSR count). The van der Waals surface area contributed by atoms with Crippen molar-refractivity contribution in [3.63, 3.8) is 0 Å². The van der Waals surface area contributed by atoms with Gasteiger partial charge < -0.3 is 5.32 Å². The van der Waals surface area contributed by atoms with Gasteiger partial charge in [-0.2, -0.15) is 0 Å². The fourth-order valence-corrected chi connectivity index (χ4v) is 3.08. The van der Waals surface area contributed by atoms with Crippen LogP contribution in [0.3, 0.4) is 0 Å². The van der Waals surface area contributed by atoms with Crippen LogP contribution in [0.2, 0.25) is 0 Å². The lowest BCUT2D eigenvalue weighted by Crippen LogP contribution is -2.04. The van der Waals surface area contributed by atoms with Crippen molar-refractivity contribution in [2.75, 3.05) is 5.32 Å². The van der Waals surface area contributed by atoms with Crippen molar-refractivity contribution < 1.29 is 0 Å². The third-order valence-electron chi connectivity index (χ3n) is 4.14. The number of rotatable bonds is 2. The van der Waals surface area contributed by atoms with E-state index in [1.807, 2.05) is 6.07 Å². The number of anilines is 2. The molecule has 0 atom stereocenters. The molecule has 1 heteroatoms. The monoisotopic (exact) mass is 271 g/mol. The zero-order valence-corrected chi connectivity index (χ0v) is 11.8. The summed E-state index contributed by atoms with van der Waals surface area (Å²) in [6, 6.07) is 25.8. The lowest BCUT2D eigenvalue weighted by atomic mass is 9.85. The van der Waals surface area contributed by atoms with Crippen LogP contribution in [-0.2, 0) is 12.8 Å². The first-order valence-electron chi connectivity index (χ1n) is 7.43. The van der Waals surface area contributed by atoms with Gasteiger partial charge in [0, 0.05) is 11.4 Å². The molecule has 102 valence electrons. The van der Waals surface area contributed by atoms with E-state index < -0.39 is 0 Å². The molecular weight excluding hydrogens is 254 g/mol. The van der Waals surface area contributed by atoms with Crippen LogP contribution >= 0.6 is 0 Å². The van der Waals surface area contributed by atoms with E-state index in [1.54, 1.807) is 0 Å². The molecule has 1 nitrogen and oxygen atoms in total. The average molecular weight is 271 g/mol. The minimum Gasteiger partial charge on any atom is -0.356 e. The van der Waals surface area contributed by atoms with Crippen molar-refractivity contribution in [2.24, 2.45) is 0 Å². The zero-order chi connectivity index (χ0) is 14.1. The van der Waals surface area contributed by atoms with Crippen LogP contribution < -0.4 is 5.32 Å². The fourth-order valence-electron chi connectivity index (χ4n) is 3.08. The maximum absolute atomic E-state index is 3.48. The first-order chi connectivity index (χ1) is 10.4. The van der Waals surface area contributed by atoms with E-state index in [0.717, 1.165) is 24.2 Å². The summed E-state index contributed by atoms with van der Waals surface area (Å²) < 4.78 is 0. The molecule has 1 aliphatic rings. The van der Waals surface area contributed by atoms with E-state index in [-0.39, 0.29) is 0 Å². The Hall–Kier alpha value is -2.54. The van der Waals surface area contributed by atoms with Gasteiger partial charge in [-0.1, -0.05) is 48.5 Å². The summed E-state index contributed by atoms with van der Waals surface area (Å²) in [4.78, 5) is 0. The summed E-state index contributed by atoms with van der Waals surface area (Å²) in [6.45, 7) is 0. The Bertz CT molecular complexity index is 775. The molecule has 0 unspecified atom stereocenters. The number of nitrogens with one attached hydrogen (secondary N) is 1. The molecular formula is C20H17N. The van der Waals surface area contributed by atoms with Gasteiger partial charge in [-0.3, -0.25) is 0 Å². The van der Waals surface area contributed by atoms with Gasteiger partial charge in [0.2, 0.25) is 0 Å². The SMILES string of the molecule is c1ccc(Nc2ccc3c(c2)-c2ccccc2CC3)cc1. The topological polar surface area (TPSA) is 12.0 Å².